The average Bonchev–Trinajstić information content (AvgIpc) is 2.65. The standard InChI is InChI=1S/C20H40O6Si/c1-7-17(3)19(21)23-13-9-11-15-25-27(5,6)26-16-12-10-14-24-20(22)18(4)8-2/h17-18H,7-16H2,1-6H3. The second-order valence-electron chi connectivity index (χ2n) is 7.46. The van der Waals surface area contributed by atoms with E-state index in [4.69, 9.17) is 18.3 Å². The molecule has 0 bridgehead atoms. The van der Waals surface area contributed by atoms with E-state index >= 15 is 0 Å². The molecule has 0 rings (SSSR count). The SMILES string of the molecule is CCC(C)C(=O)OCCCCO[Si](C)(C)OCCCCOC(=O)C(C)CC. The van der Waals surface area contributed by atoms with Crippen molar-refractivity contribution in [3.63, 3.8) is 0 Å². The van der Waals surface area contributed by atoms with Gasteiger partial charge in [0.2, 0.25) is 0 Å². The zero-order valence-electron chi connectivity index (χ0n) is 18.2. The van der Waals surface area contributed by atoms with E-state index in [1.165, 1.54) is 0 Å². The molecule has 0 aliphatic carbocycles. The van der Waals surface area contributed by atoms with Gasteiger partial charge in [-0.05, 0) is 51.6 Å². The van der Waals surface area contributed by atoms with Crippen LogP contribution < -0.4 is 0 Å². The predicted molar refractivity (Wildman–Crippen MR) is 109 cm³/mol. The topological polar surface area (TPSA) is 71.1 Å². The zero-order chi connectivity index (χ0) is 20.7. The minimum absolute atomic E-state index is 0.0282. The van der Waals surface area contributed by atoms with Crippen molar-refractivity contribution in [2.24, 2.45) is 11.8 Å². The van der Waals surface area contributed by atoms with Gasteiger partial charge in [-0.2, -0.15) is 0 Å². The van der Waals surface area contributed by atoms with Crippen LogP contribution in [0.5, 0.6) is 0 Å². The molecule has 0 saturated carbocycles. The fraction of sp³-hybridized carbons (Fsp3) is 0.900. The van der Waals surface area contributed by atoms with Crippen LogP contribution in [0.2, 0.25) is 13.1 Å². The molecule has 0 radical (unpaired) electrons. The first-order valence-corrected chi connectivity index (χ1v) is 13.2. The molecule has 0 aromatic heterocycles. The van der Waals surface area contributed by atoms with E-state index in [2.05, 4.69) is 0 Å². The first kappa shape index (κ1) is 26.1. The average molecular weight is 405 g/mol. The quantitative estimate of drug-likeness (QED) is 0.215. The molecule has 2 atom stereocenters. The lowest BCUT2D eigenvalue weighted by Gasteiger charge is -2.23. The van der Waals surface area contributed by atoms with Crippen molar-refractivity contribution in [2.75, 3.05) is 26.4 Å². The third-order valence-corrected chi connectivity index (χ3v) is 6.29. The summed E-state index contributed by atoms with van der Waals surface area (Å²) in [6.07, 6.45) is 4.90. The number of hydrogen-bond acceptors (Lipinski definition) is 6. The van der Waals surface area contributed by atoms with Crippen molar-refractivity contribution in [2.45, 2.75) is 79.3 Å². The first-order chi connectivity index (χ1) is 12.7. The number of rotatable bonds is 16. The van der Waals surface area contributed by atoms with Crippen LogP contribution in [0.1, 0.15) is 66.2 Å². The number of unbranched alkanes of at least 4 members (excludes halogenated alkanes) is 2. The summed E-state index contributed by atoms with van der Waals surface area (Å²) in [6, 6.07) is 0. The van der Waals surface area contributed by atoms with Crippen molar-refractivity contribution in [1.29, 1.82) is 0 Å². The van der Waals surface area contributed by atoms with Gasteiger partial charge in [-0.15, -0.1) is 0 Å². The molecular weight excluding hydrogens is 364 g/mol. The fourth-order valence-corrected chi connectivity index (χ4v) is 3.40. The van der Waals surface area contributed by atoms with E-state index in [1.807, 2.05) is 40.8 Å². The first-order valence-electron chi connectivity index (χ1n) is 10.3. The van der Waals surface area contributed by atoms with Crippen molar-refractivity contribution < 1.29 is 27.9 Å². The van der Waals surface area contributed by atoms with E-state index in [-0.39, 0.29) is 23.8 Å². The van der Waals surface area contributed by atoms with Gasteiger partial charge in [-0.25, -0.2) is 0 Å². The summed E-state index contributed by atoms with van der Waals surface area (Å²) in [4.78, 5) is 23.1. The maximum atomic E-state index is 11.6. The Morgan fingerprint density at radius 1 is 0.704 bits per heavy atom. The van der Waals surface area contributed by atoms with Crippen molar-refractivity contribution in [3.8, 4) is 0 Å². The molecule has 6 nitrogen and oxygen atoms in total. The van der Waals surface area contributed by atoms with Crippen LogP contribution in [-0.4, -0.2) is 46.9 Å². The van der Waals surface area contributed by atoms with E-state index in [0.29, 0.717) is 26.4 Å². The molecule has 160 valence electrons. The van der Waals surface area contributed by atoms with E-state index in [1.54, 1.807) is 0 Å². The van der Waals surface area contributed by atoms with Gasteiger partial charge in [0.25, 0.3) is 0 Å². The van der Waals surface area contributed by atoms with Gasteiger partial charge in [0.05, 0.1) is 25.0 Å². The molecule has 0 aliphatic heterocycles. The third kappa shape index (κ3) is 13.8. The summed E-state index contributed by atoms with van der Waals surface area (Å²) >= 11 is 0. The molecule has 27 heavy (non-hydrogen) atoms. The van der Waals surface area contributed by atoms with Crippen LogP contribution >= 0.6 is 0 Å². The minimum Gasteiger partial charge on any atom is -0.465 e. The molecule has 0 aliphatic rings. The molecule has 0 amide bonds. The highest BCUT2D eigenvalue weighted by atomic mass is 28.4. The monoisotopic (exact) mass is 404 g/mol. The Balaban J connectivity index is 3.63. The Morgan fingerprint density at radius 3 is 1.37 bits per heavy atom. The fourth-order valence-electron chi connectivity index (χ4n) is 2.05. The lowest BCUT2D eigenvalue weighted by atomic mass is 10.1. The van der Waals surface area contributed by atoms with Crippen LogP contribution in [0.3, 0.4) is 0 Å². The largest absolute Gasteiger partial charge is 0.465 e. The van der Waals surface area contributed by atoms with Crippen molar-refractivity contribution in [1.82, 2.24) is 0 Å². The van der Waals surface area contributed by atoms with Gasteiger partial charge in [-0.1, -0.05) is 27.7 Å². The van der Waals surface area contributed by atoms with Crippen LogP contribution in [-0.2, 0) is 27.9 Å². The summed E-state index contributed by atoms with van der Waals surface area (Å²) in [5, 5.41) is 0. The lowest BCUT2D eigenvalue weighted by molar-refractivity contribution is -0.149. The van der Waals surface area contributed by atoms with Crippen LogP contribution in [0, 0.1) is 11.8 Å². The van der Waals surface area contributed by atoms with E-state index < -0.39 is 8.56 Å². The molecule has 7 heteroatoms. The van der Waals surface area contributed by atoms with Crippen LogP contribution in [0.25, 0.3) is 0 Å². The Labute approximate surface area is 166 Å². The van der Waals surface area contributed by atoms with Gasteiger partial charge < -0.3 is 18.3 Å². The highest BCUT2D eigenvalue weighted by Crippen LogP contribution is 2.10. The second-order valence-corrected chi connectivity index (χ2v) is 10.8. The smallest absolute Gasteiger partial charge is 0.331 e. The van der Waals surface area contributed by atoms with Gasteiger partial charge >= 0.3 is 20.5 Å². The maximum absolute atomic E-state index is 11.6. The van der Waals surface area contributed by atoms with Crippen LogP contribution in [0.15, 0.2) is 0 Å². The Bertz CT molecular complexity index is 377. The summed E-state index contributed by atoms with van der Waals surface area (Å²) < 4.78 is 22.2. The van der Waals surface area contributed by atoms with Crippen molar-refractivity contribution >= 4 is 20.5 Å². The molecule has 0 spiro atoms. The van der Waals surface area contributed by atoms with E-state index in [0.717, 1.165) is 38.5 Å². The summed E-state index contributed by atoms with van der Waals surface area (Å²) in [5.41, 5.74) is 0. The molecule has 0 aromatic carbocycles. The molecule has 0 heterocycles. The summed E-state index contributed by atoms with van der Waals surface area (Å²) in [7, 11) is -2.13. The van der Waals surface area contributed by atoms with Crippen molar-refractivity contribution in [3.05, 3.63) is 0 Å². The number of carbonyl (C=O) groups is 2. The second kappa shape index (κ2) is 15.1. The number of ether oxygens (including phenoxy) is 2. The third-order valence-electron chi connectivity index (χ3n) is 4.49. The van der Waals surface area contributed by atoms with Gasteiger partial charge in [0.1, 0.15) is 0 Å². The van der Waals surface area contributed by atoms with Crippen LogP contribution in [0.4, 0.5) is 0 Å². The molecule has 0 aromatic rings. The zero-order valence-corrected chi connectivity index (χ0v) is 19.2. The highest BCUT2D eigenvalue weighted by Gasteiger charge is 2.24. The lowest BCUT2D eigenvalue weighted by Crippen LogP contribution is -2.35. The number of carbonyl (C=O) groups excluding carboxylic acids is 2. The molecule has 0 saturated heterocycles. The van der Waals surface area contributed by atoms with Gasteiger partial charge in [0.15, 0.2) is 0 Å². The number of esters is 2. The summed E-state index contributed by atoms with van der Waals surface area (Å²) in [6.45, 7) is 13.9. The predicted octanol–water partition coefficient (Wildman–Crippen LogP) is 4.46. The number of hydrogen-bond donors (Lipinski definition) is 0. The summed E-state index contributed by atoms with van der Waals surface area (Å²) in [5.74, 6) is -0.295. The Kier molecular flexibility index (Phi) is 14.5. The Morgan fingerprint density at radius 2 is 1.04 bits per heavy atom. The molecular formula is C20H40O6Si. The van der Waals surface area contributed by atoms with Gasteiger partial charge in [0, 0.05) is 13.2 Å². The maximum Gasteiger partial charge on any atom is 0.331 e. The molecule has 0 fully saturated rings. The molecule has 2 unspecified atom stereocenters. The normalized spacial score (nSPS) is 13.9. The van der Waals surface area contributed by atoms with Gasteiger partial charge in [-0.3, -0.25) is 9.59 Å². The van der Waals surface area contributed by atoms with E-state index in [9.17, 15) is 9.59 Å². The Hall–Kier alpha value is -0.923. The molecule has 0 N–H and O–H groups in total. The minimum atomic E-state index is -2.13. The highest BCUT2D eigenvalue weighted by molar-refractivity contribution is 6.64.